The highest BCUT2D eigenvalue weighted by Gasteiger charge is 2.26. The molecule has 4 rings (SSSR count). The lowest BCUT2D eigenvalue weighted by molar-refractivity contribution is -0.136. The second kappa shape index (κ2) is 17.0. The molecule has 0 saturated carbocycles. The maximum atomic E-state index is 13.9. The summed E-state index contributed by atoms with van der Waals surface area (Å²) in [6, 6.07) is 13.0. The number of hydrogen-bond donors (Lipinski definition) is 3. The number of carbonyl (C=O) groups excluding carboxylic acids is 3. The van der Waals surface area contributed by atoms with Gasteiger partial charge in [0.1, 0.15) is 18.2 Å². The lowest BCUT2D eigenvalue weighted by atomic mass is 10.1. The number of fused-ring (bicyclic) bond motifs is 1. The van der Waals surface area contributed by atoms with Crippen LogP contribution in [0.4, 0.5) is 15.0 Å². The molecule has 0 spiro atoms. The summed E-state index contributed by atoms with van der Waals surface area (Å²) in [5.74, 6) is -0.714. The first-order valence-electron chi connectivity index (χ1n) is 15.1. The van der Waals surface area contributed by atoms with Gasteiger partial charge in [0, 0.05) is 64.2 Å². The molecule has 16 heteroatoms. The Balaban J connectivity index is 1.33. The van der Waals surface area contributed by atoms with E-state index in [4.69, 9.17) is 26.1 Å². The smallest absolute Gasteiger partial charge is 0.447 e. The van der Waals surface area contributed by atoms with Crippen LogP contribution in [0.2, 0.25) is 5.02 Å². The van der Waals surface area contributed by atoms with Crippen molar-refractivity contribution in [2.45, 2.75) is 31.7 Å². The third-order valence-corrected chi connectivity index (χ3v) is 8.87. The molecule has 2 aromatic carbocycles. The topological polar surface area (TPSA) is 162 Å². The molecule has 0 unspecified atom stereocenters. The molecule has 0 aliphatic carbocycles. The Labute approximate surface area is 276 Å². The molecule has 1 aliphatic rings. The van der Waals surface area contributed by atoms with Gasteiger partial charge in [-0.15, -0.1) is 0 Å². The molecule has 3 aromatic rings. The van der Waals surface area contributed by atoms with Gasteiger partial charge in [-0.1, -0.05) is 48.0 Å². The number of benzene rings is 2. The van der Waals surface area contributed by atoms with Crippen LogP contribution < -0.4 is 5.32 Å². The van der Waals surface area contributed by atoms with Crippen LogP contribution in [0, 0.1) is 5.82 Å². The van der Waals surface area contributed by atoms with Crippen molar-refractivity contribution in [2.75, 3.05) is 58.3 Å². The summed E-state index contributed by atoms with van der Waals surface area (Å²) in [5.41, 5.74) is 0.492. The fraction of sp³-hybridized carbons (Fsp3) is 0.419. The van der Waals surface area contributed by atoms with Crippen LogP contribution in [0.1, 0.15) is 24.8 Å². The first-order valence-corrected chi connectivity index (χ1v) is 17.0. The van der Waals surface area contributed by atoms with Gasteiger partial charge in [0.15, 0.2) is 0 Å². The number of aromatic nitrogens is 1. The minimum Gasteiger partial charge on any atom is -0.447 e. The molecule has 1 fully saturated rings. The molecule has 1 aromatic heterocycles. The van der Waals surface area contributed by atoms with E-state index in [0.717, 1.165) is 10.8 Å². The summed E-state index contributed by atoms with van der Waals surface area (Å²) in [4.78, 5) is 66.0. The molecule has 3 N–H and O–H groups in total. The van der Waals surface area contributed by atoms with Crippen LogP contribution in [0.5, 0.6) is 0 Å². The number of phosphoric acid groups is 1. The molecule has 47 heavy (non-hydrogen) atoms. The van der Waals surface area contributed by atoms with Crippen molar-refractivity contribution in [3.63, 3.8) is 0 Å². The SMILES string of the molecule is CN(C(=O)CCc1cccc(F)c1Cl)[C@@H](CCC(=O)N1CCN(CCOP(=O)(O)O)CC1)COC(=O)Nc1cc2ccccc2cn1. The Morgan fingerprint density at radius 1 is 1.09 bits per heavy atom. The highest BCUT2D eigenvalue weighted by Crippen LogP contribution is 2.35. The lowest BCUT2D eigenvalue weighted by Gasteiger charge is -2.35. The van der Waals surface area contributed by atoms with E-state index in [0.29, 0.717) is 44.1 Å². The number of phosphoric ester groups is 1. The van der Waals surface area contributed by atoms with Gasteiger partial charge in [-0.25, -0.2) is 18.7 Å². The maximum absolute atomic E-state index is 13.9. The van der Waals surface area contributed by atoms with Crippen LogP contribution >= 0.6 is 19.4 Å². The van der Waals surface area contributed by atoms with Crippen LogP contribution in [-0.4, -0.2) is 106 Å². The number of halogens is 2. The van der Waals surface area contributed by atoms with E-state index in [1.807, 2.05) is 29.2 Å². The minimum absolute atomic E-state index is 0.0189. The molecule has 2 heterocycles. The van der Waals surface area contributed by atoms with Gasteiger partial charge >= 0.3 is 13.9 Å². The van der Waals surface area contributed by atoms with Gasteiger partial charge in [-0.2, -0.15) is 0 Å². The van der Waals surface area contributed by atoms with Crippen molar-refractivity contribution in [1.82, 2.24) is 19.7 Å². The zero-order valence-corrected chi connectivity index (χ0v) is 27.5. The molecular formula is C31H38ClFN5O8P. The van der Waals surface area contributed by atoms with Gasteiger partial charge in [0.05, 0.1) is 17.7 Å². The summed E-state index contributed by atoms with van der Waals surface area (Å²) in [5, 5.41) is 4.35. The van der Waals surface area contributed by atoms with E-state index in [1.165, 1.54) is 17.0 Å². The summed E-state index contributed by atoms with van der Waals surface area (Å²) in [7, 11) is -2.97. The van der Waals surface area contributed by atoms with Gasteiger partial charge in [-0.05, 0) is 35.9 Å². The number of carbonyl (C=O) groups is 3. The van der Waals surface area contributed by atoms with Crippen molar-refractivity contribution in [3.05, 3.63) is 71.1 Å². The van der Waals surface area contributed by atoms with Crippen molar-refractivity contribution in [3.8, 4) is 0 Å². The zero-order valence-electron chi connectivity index (χ0n) is 25.9. The summed E-state index contributed by atoms with van der Waals surface area (Å²) < 4.78 is 34.8. The molecular weight excluding hydrogens is 656 g/mol. The molecule has 3 amide bonds. The quantitative estimate of drug-likeness (QED) is 0.210. The van der Waals surface area contributed by atoms with Crippen LogP contribution in [0.3, 0.4) is 0 Å². The van der Waals surface area contributed by atoms with Gasteiger partial charge in [0.2, 0.25) is 11.8 Å². The van der Waals surface area contributed by atoms with Crippen molar-refractivity contribution in [2.24, 2.45) is 0 Å². The predicted molar refractivity (Wildman–Crippen MR) is 173 cm³/mol. The van der Waals surface area contributed by atoms with E-state index in [2.05, 4.69) is 14.8 Å². The standard InChI is InChI=1S/C31H38ClFN5O8P/c1-36(28(39)11-9-22-7-4-8-26(33)30(22)32)25(21-45-31(41)35-27-19-23-5-2-3-6-24(23)20-34-27)10-12-29(40)38-15-13-37(14-16-38)17-18-46-47(42,43)44/h2-8,19-20,25H,9-18,21H2,1H3,(H,34,35,41)(H2,42,43,44)/t25-/m0/s1. The first kappa shape index (κ1) is 36.2. The van der Waals surface area contributed by atoms with E-state index in [-0.39, 0.29) is 55.7 Å². The van der Waals surface area contributed by atoms with Crippen molar-refractivity contribution < 1.29 is 42.4 Å². The fourth-order valence-corrected chi connectivity index (χ4v) is 5.71. The zero-order chi connectivity index (χ0) is 34.0. The number of ether oxygens (including phenoxy) is 1. The largest absolute Gasteiger partial charge is 0.469 e. The number of piperazine rings is 1. The molecule has 1 atom stereocenters. The monoisotopic (exact) mass is 693 g/mol. The average molecular weight is 694 g/mol. The van der Waals surface area contributed by atoms with Crippen LogP contribution in [0.15, 0.2) is 54.7 Å². The Morgan fingerprint density at radius 3 is 2.53 bits per heavy atom. The Kier molecular flexibility index (Phi) is 13.1. The maximum Gasteiger partial charge on any atom is 0.469 e. The molecule has 0 bridgehead atoms. The molecule has 1 aliphatic heterocycles. The molecule has 254 valence electrons. The van der Waals surface area contributed by atoms with Crippen molar-refractivity contribution in [1.29, 1.82) is 0 Å². The second-order valence-corrected chi connectivity index (χ2v) is 12.7. The third-order valence-electron chi connectivity index (χ3n) is 7.93. The second-order valence-electron chi connectivity index (χ2n) is 11.1. The Morgan fingerprint density at radius 2 is 1.81 bits per heavy atom. The number of nitrogens with zero attached hydrogens (tertiary/aromatic N) is 4. The summed E-state index contributed by atoms with van der Waals surface area (Å²) >= 11 is 6.06. The van der Waals surface area contributed by atoms with E-state index in [9.17, 15) is 23.3 Å². The van der Waals surface area contributed by atoms with E-state index >= 15 is 0 Å². The number of hydrogen-bond acceptors (Lipinski definition) is 8. The molecule has 1 saturated heterocycles. The summed E-state index contributed by atoms with van der Waals surface area (Å²) in [6.07, 6.45) is 1.37. The van der Waals surface area contributed by atoms with E-state index in [1.54, 1.807) is 30.3 Å². The van der Waals surface area contributed by atoms with Crippen LogP contribution in [0.25, 0.3) is 10.8 Å². The lowest BCUT2D eigenvalue weighted by Crippen LogP contribution is -2.49. The number of nitrogens with one attached hydrogen (secondary N) is 1. The summed E-state index contributed by atoms with van der Waals surface area (Å²) in [6.45, 7) is 1.84. The Hall–Kier alpha value is -3.65. The van der Waals surface area contributed by atoms with Crippen molar-refractivity contribution >= 4 is 53.9 Å². The average Bonchev–Trinajstić information content (AvgIpc) is 3.04. The fourth-order valence-electron chi connectivity index (χ4n) is 5.17. The van der Waals surface area contributed by atoms with Gasteiger partial charge in [0.25, 0.3) is 0 Å². The number of rotatable bonds is 14. The number of pyridine rings is 1. The number of anilines is 1. The van der Waals surface area contributed by atoms with Crippen LogP contribution in [-0.2, 0) is 29.8 Å². The molecule has 13 nitrogen and oxygen atoms in total. The highest BCUT2D eigenvalue weighted by atomic mass is 35.5. The Bertz CT molecular complexity index is 1600. The molecule has 0 radical (unpaired) electrons. The van der Waals surface area contributed by atoms with Gasteiger partial charge < -0.3 is 24.3 Å². The first-order chi connectivity index (χ1) is 22.4. The highest BCUT2D eigenvalue weighted by molar-refractivity contribution is 7.46. The number of likely N-dealkylation sites (N-methyl/N-ethyl adjacent to an activating group) is 1. The third kappa shape index (κ3) is 11.2. The number of amides is 3. The van der Waals surface area contributed by atoms with E-state index < -0.39 is 25.8 Å². The van der Waals surface area contributed by atoms with Gasteiger partial charge in [-0.3, -0.25) is 24.3 Å². The number of aryl methyl sites for hydroxylation is 1. The minimum atomic E-state index is -4.54. The normalized spacial score (nSPS) is 14.5. The predicted octanol–water partition coefficient (Wildman–Crippen LogP) is 4.07.